The molecule has 0 bridgehead atoms. The lowest BCUT2D eigenvalue weighted by Crippen LogP contribution is -2.35. The van der Waals surface area contributed by atoms with Gasteiger partial charge in [-0.25, -0.2) is 0 Å². The minimum atomic E-state index is 0.792. The lowest BCUT2D eigenvalue weighted by Gasteiger charge is -2.30. The molecule has 2 aliphatic carbocycles. The zero-order valence-corrected chi connectivity index (χ0v) is 11.5. The zero-order chi connectivity index (χ0) is 11.2. The van der Waals surface area contributed by atoms with Crippen molar-refractivity contribution in [3.05, 3.63) is 0 Å². The predicted molar refractivity (Wildman–Crippen MR) is 74.1 cm³/mol. The highest BCUT2D eigenvalue weighted by atomic mass is 32.2. The summed E-state index contributed by atoms with van der Waals surface area (Å²) in [6.45, 7) is 3.39. The summed E-state index contributed by atoms with van der Waals surface area (Å²) in [5, 5.41) is 4.67. The second-order valence-corrected chi connectivity index (χ2v) is 6.86. The summed E-state index contributed by atoms with van der Waals surface area (Å²) in [6, 6.07) is 0.792. The van der Waals surface area contributed by atoms with E-state index >= 15 is 0 Å². The molecule has 0 aromatic heterocycles. The Balaban J connectivity index is 1.64. The fourth-order valence-corrected chi connectivity index (χ4v) is 4.36. The van der Waals surface area contributed by atoms with E-state index in [1.165, 1.54) is 57.1 Å². The molecule has 0 saturated heterocycles. The van der Waals surface area contributed by atoms with Gasteiger partial charge >= 0.3 is 0 Å². The summed E-state index contributed by atoms with van der Waals surface area (Å²) in [7, 11) is 0. The van der Waals surface area contributed by atoms with Gasteiger partial charge < -0.3 is 5.32 Å². The molecule has 2 heteroatoms. The maximum atomic E-state index is 3.68. The van der Waals surface area contributed by atoms with Gasteiger partial charge in [0.1, 0.15) is 0 Å². The molecule has 1 atom stereocenters. The lowest BCUT2D eigenvalue weighted by molar-refractivity contribution is 0.269. The van der Waals surface area contributed by atoms with Crippen LogP contribution in [0.15, 0.2) is 0 Å². The highest BCUT2D eigenvalue weighted by Crippen LogP contribution is 2.33. The molecule has 2 rings (SSSR count). The molecule has 0 aromatic carbocycles. The molecule has 1 N–H and O–H groups in total. The molecular weight excluding hydrogens is 214 g/mol. The average Bonchev–Trinajstić information content (AvgIpc) is 2.72. The molecule has 0 aliphatic heterocycles. The van der Waals surface area contributed by atoms with Crippen molar-refractivity contribution in [2.75, 3.05) is 12.3 Å². The van der Waals surface area contributed by atoms with E-state index in [1.807, 2.05) is 0 Å². The normalized spacial score (nSPS) is 24.6. The van der Waals surface area contributed by atoms with Crippen LogP contribution in [-0.2, 0) is 0 Å². The van der Waals surface area contributed by atoms with Crippen molar-refractivity contribution >= 4 is 11.8 Å². The molecule has 0 radical (unpaired) electrons. The Hall–Kier alpha value is 0.310. The summed E-state index contributed by atoms with van der Waals surface area (Å²) in [5.74, 6) is 2.41. The monoisotopic (exact) mass is 241 g/mol. The van der Waals surface area contributed by atoms with E-state index in [0.717, 1.165) is 23.8 Å². The summed E-state index contributed by atoms with van der Waals surface area (Å²) >= 11 is 2.25. The van der Waals surface area contributed by atoms with Crippen LogP contribution in [0.2, 0.25) is 0 Å². The van der Waals surface area contributed by atoms with Crippen LogP contribution in [0.5, 0.6) is 0 Å². The van der Waals surface area contributed by atoms with Crippen molar-refractivity contribution < 1.29 is 0 Å². The van der Waals surface area contributed by atoms with E-state index in [0.29, 0.717) is 0 Å². The van der Waals surface area contributed by atoms with Crippen molar-refractivity contribution in [2.24, 2.45) is 5.92 Å². The van der Waals surface area contributed by atoms with Crippen LogP contribution in [0.25, 0.3) is 0 Å². The van der Waals surface area contributed by atoms with Gasteiger partial charge in [0.15, 0.2) is 0 Å². The van der Waals surface area contributed by atoms with Crippen LogP contribution >= 0.6 is 11.8 Å². The van der Waals surface area contributed by atoms with E-state index in [1.54, 1.807) is 0 Å². The van der Waals surface area contributed by atoms with Crippen LogP contribution in [0.3, 0.4) is 0 Å². The third kappa shape index (κ3) is 3.96. The van der Waals surface area contributed by atoms with Gasteiger partial charge in [-0.15, -0.1) is 0 Å². The molecule has 2 aliphatic rings. The van der Waals surface area contributed by atoms with Crippen molar-refractivity contribution in [1.29, 1.82) is 0 Å². The SMILES string of the molecule is CCNC(CSC1CCCC1)CC1CCC1. The molecule has 16 heavy (non-hydrogen) atoms. The summed E-state index contributed by atoms with van der Waals surface area (Å²) in [5.41, 5.74) is 0. The van der Waals surface area contributed by atoms with Gasteiger partial charge in [0, 0.05) is 17.0 Å². The number of rotatable bonds is 7. The van der Waals surface area contributed by atoms with Crippen molar-refractivity contribution in [3.8, 4) is 0 Å². The van der Waals surface area contributed by atoms with E-state index in [2.05, 4.69) is 24.0 Å². The maximum Gasteiger partial charge on any atom is 0.0160 e. The second-order valence-electron chi connectivity index (χ2n) is 5.53. The van der Waals surface area contributed by atoms with Gasteiger partial charge in [0.25, 0.3) is 0 Å². The Morgan fingerprint density at radius 3 is 2.44 bits per heavy atom. The first-order valence-corrected chi connectivity index (χ1v) is 8.28. The molecular formula is C14H27NS. The van der Waals surface area contributed by atoms with Gasteiger partial charge in [0.2, 0.25) is 0 Å². The first kappa shape index (κ1) is 12.8. The van der Waals surface area contributed by atoms with Gasteiger partial charge in [-0.1, -0.05) is 39.0 Å². The quantitative estimate of drug-likeness (QED) is 0.727. The maximum absolute atomic E-state index is 3.68. The van der Waals surface area contributed by atoms with Crippen LogP contribution in [0.4, 0.5) is 0 Å². The van der Waals surface area contributed by atoms with E-state index in [9.17, 15) is 0 Å². The molecule has 1 unspecified atom stereocenters. The largest absolute Gasteiger partial charge is 0.313 e. The Bertz CT molecular complexity index is 185. The highest BCUT2D eigenvalue weighted by Gasteiger charge is 2.23. The molecule has 0 heterocycles. The number of thioether (sulfide) groups is 1. The van der Waals surface area contributed by atoms with E-state index < -0.39 is 0 Å². The molecule has 1 nitrogen and oxygen atoms in total. The van der Waals surface area contributed by atoms with Crippen LogP contribution in [0.1, 0.15) is 58.3 Å². The summed E-state index contributed by atoms with van der Waals surface area (Å²) in [6.07, 6.45) is 11.8. The Labute approximate surface area is 105 Å². The minimum Gasteiger partial charge on any atom is -0.313 e. The topological polar surface area (TPSA) is 12.0 Å². The van der Waals surface area contributed by atoms with Crippen LogP contribution in [-0.4, -0.2) is 23.6 Å². The molecule has 0 aromatic rings. The first-order valence-electron chi connectivity index (χ1n) is 7.23. The third-order valence-electron chi connectivity index (χ3n) is 4.17. The van der Waals surface area contributed by atoms with Gasteiger partial charge in [-0.2, -0.15) is 11.8 Å². The first-order chi connectivity index (χ1) is 7.88. The highest BCUT2D eigenvalue weighted by molar-refractivity contribution is 7.99. The Kier molecular flexibility index (Phi) is 5.51. The van der Waals surface area contributed by atoms with Gasteiger partial charge in [-0.05, 0) is 31.7 Å². The van der Waals surface area contributed by atoms with Crippen LogP contribution < -0.4 is 5.32 Å². The predicted octanol–water partition coefficient (Wildman–Crippen LogP) is 3.83. The number of hydrogen-bond acceptors (Lipinski definition) is 2. The summed E-state index contributed by atoms with van der Waals surface area (Å²) in [4.78, 5) is 0. The number of nitrogens with one attached hydrogen (secondary N) is 1. The Morgan fingerprint density at radius 1 is 1.12 bits per heavy atom. The number of hydrogen-bond donors (Lipinski definition) is 1. The third-order valence-corrected chi connectivity index (χ3v) is 5.71. The molecule has 2 saturated carbocycles. The second kappa shape index (κ2) is 6.90. The van der Waals surface area contributed by atoms with Gasteiger partial charge in [-0.3, -0.25) is 0 Å². The van der Waals surface area contributed by atoms with Gasteiger partial charge in [0.05, 0.1) is 0 Å². The van der Waals surface area contributed by atoms with Crippen molar-refractivity contribution in [1.82, 2.24) is 5.32 Å². The molecule has 0 amide bonds. The fraction of sp³-hybridized carbons (Fsp3) is 1.00. The Morgan fingerprint density at radius 2 is 1.88 bits per heavy atom. The smallest absolute Gasteiger partial charge is 0.0160 e. The van der Waals surface area contributed by atoms with E-state index in [-0.39, 0.29) is 0 Å². The average molecular weight is 241 g/mol. The van der Waals surface area contributed by atoms with Crippen LogP contribution in [0, 0.1) is 5.92 Å². The van der Waals surface area contributed by atoms with E-state index in [4.69, 9.17) is 0 Å². The fourth-order valence-electron chi connectivity index (χ4n) is 2.94. The molecule has 94 valence electrons. The molecule has 2 fully saturated rings. The van der Waals surface area contributed by atoms with Crippen molar-refractivity contribution in [3.63, 3.8) is 0 Å². The lowest BCUT2D eigenvalue weighted by atomic mass is 9.81. The van der Waals surface area contributed by atoms with Crippen molar-refractivity contribution in [2.45, 2.75) is 69.6 Å². The molecule has 0 spiro atoms. The minimum absolute atomic E-state index is 0.792. The standard InChI is InChI=1S/C14H27NS/c1-2-15-13(10-12-6-5-7-12)11-16-14-8-3-4-9-14/h12-15H,2-11H2,1H3. The summed E-state index contributed by atoms with van der Waals surface area (Å²) < 4.78 is 0. The zero-order valence-electron chi connectivity index (χ0n) is 10.7.